The normalized spacial score (nSPS) is 13.4. The Morgan fingerprint density at radius 2 is 1.31 bits per heavy atom. The summed E-state index contributed by atoms with van der Waals surface area (Å²) in [6.07, 6.45) is 1.68. The second-order valence-electron chi connectivity index (χ2n) is 9.66. The highest BCUT2D eigenvalue weighted by Crippen LogP contribution is 2.51. The lowest BCUT2D eigenvalue weighted by Gasteiger charge is -2.42. The summed E-state index contributed by atoms with van der Waals surface area (Å²) in [5.74, 6) is 0. The van der Waals surface area contributed by atoms with Crippen LogP contribution in [0.25, 0.3) is 22.4 Å². The van der Waals surface area contributed by atoms with E-state index in [9.17, 15) is 5.26 Å². The number of aromatic nitrogens is 1. The van der Waals surface area contributed by atoms with Crippen molar-refractivity contribution in [2.24, 2.45) is 0 Å². The minimum Gasteiger partial charge on any atom is -0.310 e. The van der Waals surface area contributed by atoms with Gasteiger partial charge in [-0.2, -0.15) is 5.26 Å². The molecule has 4 aromatic carbocycles. The fourth-order valence-electron chi connectivity index (χ4n) is 5.26. The lowest BCUT2D eigenvalue weighted by Crippen LogP contribution is -2.30. The summed E-state index contributed by atoms with van der Waals surface area (Å²) < 4.78 is 0. The van der Waals surface area contributed by atoms with Crippen LogP contribution in [0.5, 0.6) is 0 Å². The van der Waals surface area contributed by atoms with Crippen LogP contribution in [0.4, 0.5) is 17.1 Å². The minimum absolute atomic E-state index is 0.0754. The first-order valence-electron chi connectivity index (χ1n) is 12.1. The molecule has 0 radical (unpaired) electrons. The van der Waals surface area contributed by atoms with Crippen LogP contribution in [0.2, 0.25) is 0 Å². The van der Waals surface area contributed by atoms with Gasteiger partial charge in [0.05, 0.1) is 28.7 Å². The summed E-state index contributed by atoms with van der Waals surface area (Å²) in [6, 6.07) is 40.3. The third kappa shape index (κ3) is 3.56. The number of anilines is 3. The second-order valence-corrected chi connectivity index (χ2v) is 9.66. The van der Waals surface area contributed by atoms with Crippen LogP contribution in [0.3, 0.4) is 0 Å². The topological polar surface area (TPSA) is 39.9 Å². The monoisotopic (exact) mass is 463 g/mol. The number of fused-ring (bicyclic) bond motifs is 2. The first-order valence-corrected chi connectivity index (χ1v) is 12.1. The van der Waals surface area contributed by atoms with Crippen molar-refractivity contribution in [1.29, 1.82) is 5.26 Å². The van der Waals surface area contributed by atoms with Crippen molar-refractivity contribution in [3.05, 3.63) is 132 Å². The van der Waals surface area contributed by atoms with Crippen molar-refractivity contribution in [2.75, 3.05) is 4.90 Å². The van der Waals surface area contributed by atoms with Crippen LogP contribution >= 0.6 is 0 Å². The summed E-state index contributed by atoms with van der Waals surface area (Å²) in [6.45, 7) is 4.61. The summed E-state index contributed by atoms with van der Waals surface area (Å²) in [5.41, 5.74) is 10.8. The number of hydrogen-bond acceptors (Lipinski definition) is 3. The molecular weight excluding hydrogens is 438 g/mol. The van der Waals surface area contributed by atoms with E-state index in [4.69, 9.17) is 0 Å². The van der Waals surface area contributed by atoms with Gasteiger partial charge in [-0.3, -0.25) is 4.98 Å². The van der Waals surface area contributed by atoms with Gasteiger partial charge < -0.3 is 4.90 Å². The Morgan fingerprint density at radius 3 is 1.97 bits per heavy atom. The molecule has 172 valence electrons. The van der Waals surface area contributed by atoms with Gasteiger partial charge in [-0.25, -0.2) is 0 Å². The molecule has 0 spiro atoms. The molecular formula is C33H25N3. The molecule has 1 aliphatic rings. The third-order valence-corrected chi connectivity index (χ3v) is 7.14. The molecule has 0 saturated carbocycles. The van der Waals surface area contributed by atoms with E-state index in [1.807, 2.05) is 6.07 Å². The van der Waals surface area contributed by atoms with Crippen molar-refractivity contribution in [2.45, 2.75) is 19.3 Å². The molecule has 0 amide bonds. The predicted octanol–water partition coefficient (Wildman–Crippen LogP) is 8.40. The van der Waals surface area contributed by atoms with Crippen molar-refractivity contribution in [1.82, 2.24) is 4.98 Å². The summed E-state index contributed by atoms with van der Waals surface area (Å²) in [5, 5.41) is 9.20. The second kappa shape index (κ2) is 8.52. The van der Waals surface area contributed by atoms with E-state index in [-0.39, 0.29) is 5.41 Å². The first-order chi connectivity index (χ1) is 17.6. The lowest BCUT2D eigenvalue weighted by molar-refractivity contribution is 0.632. The highest BCUT2D eigenvalue weighted by Gasteiger charge is 2.36. The Bertz CT molecular complexity index is 1570. The lowest BCUT2D eigenvalue weighted by atomic mass is 9.73. The van der Waals surface area contributed by atoms with Crippen LogP contribution in [0, 0.1) is 11.3 Å². The number of pyridine rings is 1. The maximum Gasteiger partial charge on any atom is 0.0992 e. The Hall–Kier alpha value is -4.68. The molecule has 0 N–H and O–H groups in total. The molecule has 0 atom stereocenters. The molecule has 3 nitrogen and oxygen atoms in total. The maximum absolute atomic E-state index is 9.20. The molecule has 0 unspecified atom stereocenters. The van der Waals surface area contributed by atoms with Crippen molar-refractivity contribution < 1.29 is 0 Å². The molecule has 0 aliphatic carbocycles. The average molecular weight is 464 g/mol. The van der Waals surface area contributed by atoms with E-state index < -0.39 is 0 Å². The van der Waals surface area contributed by atoms with E-state index in [1.54, 1.807) is 12.3 Å². The van der Waals surface area contributed by atoms with Crippen molar-refractivity contribution in [3.8, 4) is 28.5 Å². The van der Waals surface area contributed by atoms with Gasteiger partial charge in [-0.15, -0.1) is 0 Å². The van der Waals surface area contributed by atoms with Crippen molar-refractivity contribution in [3.63, 3.8) is 0 Å². The highest BCUT2D eigenvalue weighted by molar-refractivity contribution is 5.87. The largest absolute Gasteiger partial charge is 0.310 e. The molecule has 0 saturated heterocycles. The molecule has 5 aromatic rings. The summed E-state index contributed by atoms with van der Waals surface area (Å²) in [7, 11) is 0. The number of nitriles is 1. The van der Waals surface area contributed by atoms with Crippen LogP contribution in [0.15, 0.2) is 115 Å². The predicted molar refractivity (Wildman–Crippen MR) is 147 cm³/mol. The van der Waals surface area contributed by atoms with Gasteiger partial charge in [-0.1, -0.05) is 86.6 Å². The zero-order chi connectivity index (χ0) is 24.7. The Labute approximate surface area is 211 Å². The van der Waals surface area contributed by atoms with E-state index in [0.29, 0.717) is 5.56 Å². The SMILES string of the molecule is CC1(C)c2ccccc2N(c2cccc(-c3ccc(-c4cc(C#N)ccn4)cc3)c2)c2ccccc21. The zero-order valence-electron chi connectivity index (χ0n) is 20.3. The number of benzene rings is 4. The van der Waals surface area contributed by atoms with Crippen LogP contribution in [-0.2, 0) is 5.41 Å². The fourth-order valence-corrected chi connectivity index (χ4v) is 5.26. The molecule has 0 bridgehead atoms. The molecule has 0 fully saturated rings. The van der Waals surface area contributed by atoms with Gasteiger partial charge in [0.15, 0.2) is 0 Å². The number of rotatable bonds is 3. The van der Waals surface area contributed by atoms with Crippen molar-refractivity contribution >= 4 is 17.1 Å². The highest BCUT2D eigenvalue weighted by atomic mass is 15.2. The van der Waals surface area contributed by atoms with Gasteiger partial charge >= 0.3 is 0 Å². The Morgan fingerprint density at radius 1 is 0.667 bits per heavy atom. The van der Waals surface area contributed by atoms with E-state index in [1.165, 1.54) is 22.5 Å². The van der Waals surface area contributed by atoms with E-state index in [2.05, 4.69) is 127 Å². The maximum atomic E-state index is 9.20. The molecule has 2 heterocycles. The minimum atomic E-state index is -0.0754. The first kappa shape index (κ1) is 21.8. The molecule has 3 heteroatoms. The van der Waals surface area contributed by atoms with Crippen LogP contribution in [0.1, 0.15) is 30.5 Å². The molecule has 1 aromatic heterocycles. The van der Waals surface area contributed by atoms with Crippen LogP contribution in [-0.4, -0.2) is 4.98 Å². The summed E-state index contributed by atoms with van der Waals surface area (Å²) in [4.78, 5) is 6.81. The zero-order valence-corrected chi connectivity index (χ0v) is 20.3. The molecule has 36 heavy (non-hydrogen) atoms. The quantitative estimate of drug-likeness (QED) is 0.270. The standard InChI is InChI=1S/C33H25N3/c1-33(2)28-10-3-5-12-31(28)36(32-13-6-4-11-29(32)33)27-9-7-8-26(21-27)24-14-16-25(17-15-24)30-20-23(22-34)18-19-35-30/h3-21H,1-2H3. The Balaban J connectivity index is 1.42. The van der Waals surface area contributed by atoms with E-state index >= 15 is 0 Å². The van der Waals surface area contributed by atoms with Gasteiger partial charge in [-0.05, 0) is 58.7 Å². The number of hydrogen-bond donors (Lipinski definition) is 0. The van der Waals surface area contributed by atoms with Crippen LogP contribution < -0.4 is 4.90 Å². The van der Waals surface area contributed by atoms with Gasteiger partial charge in [0, 0.05) is 22.9 Å². The smallest absolute Gasteiger partial charge is 0.0992 e. The Kier molecular flexibility index (Phi) is 5.16. The average Bonchev–Trinajstić information content (AvgIpc) is 2.94. The van der Waals surface area contributed by atoms with Gasteiger partial charge in [0.1, 0.15) is 0 Å². The number of nitrogens with zero attached hydrogens (tertiary/aromatic N) is 3. The van der Waals surface area contributed by atoms with Gasteiger partial charge in [0.2, 0.25) is 0 Å². The van der Waals surface area contributed by atoms with E-state index in [0.717, 1.165) is 28.1 Å². The fraction of sp³-hybridized carbons (Fsp3) is 0.0909. The third-order valence-electron chi connectivity index (χ3n) is 7.14. The van der Waals surface area contributed by atoms with Gasteiger partial charge in [0.25, 0.3) is 0 Å². The molecule has 6 rings (SSSR count). The molecule has 1 aliphatic heterocycles. The summed E-state index contributed by atoms with van der Waals surface area (Å²) >= 11 is 0. The number of para-hydroxylation sites is 2.